The third-order valence-corrected chi connectivity index (χ3v) is 6.42. The van der Waals surface area contributed by atoms with E-state index in [4.69, 9.17) is 5.90 Å². The first-order valence-electron chi connectivity index (χ1n) is 9.56. The van der Waals surface area contributed by atoms with Crippen molar-refractivity contribution in [1.29, 1.82) is 0 Å². The van der Waals surface area contributed by atoms with Gasteiger partial charge in [-0.25, -0.2) is 14.3 Å². The van der Waals surface area contributed by atoms with Gasteiger partial charge in [0.1, 0.15) is 10.1 Å². The molecule has 6 nitrogen and oxygen atoms in total. The molecule has 0 aliphatic rings. The Hall–Kier alpha value is -2.45. The number of rotatable bonds is 7. The summed E-state index contributed by atoms with van der Waals surface area (Å²) >= 11 is 0. The predicted octanol–water partition coefficient (Wildman–Crippen LogP) is 4.19. The van der Waals surface area contributed by atoms with E-state index in [0.717, 1.165) is 63.1 Å². The molecule has 0 heterocycles. The second-order valence-corrected chi connectivity index (χ2v) is 8.81. The van der Waals surface area contributed by atoms with Crippen LogP contribution in [0.2, 0.25) is 0 Å². The molecule has 0 saturated heterocycles. The highest BCUT2D eigenvalue weighted by Crippen LogP contribution is 2.42. The van der Waals surface area contributed by atoms with Crippen molar-refractivity contribution in [1.82, 2.24) is 0 Å². The molecular weight excluding hydrogens is 388 g/mol. The Balaban J connectivity index is 1.97. The highest BCUT2D eigenvalue weighted by molar-refractivity contribution is 7.86. The smallest absolute Gasteiger partial charge is 0.125 e. The van der Waals surface area contributed by atoms with Gasteiger partial charge in [-0.15, -0.1) is 0 Å². The van der Waals surface area contributed by atoms with Crippen LogP contribution in [0.5, 0.6) is 0 Å². The summed E-state index contributed by atoms with van der Waals surface area (Å²) in [5.41, 5.74) is 2.86. The molecule has 0 aliphatic heterocycles. The number of aryl methyl sites for hydroxylation is 2. The molecule has 0 atom stereocenters. The summed E-state index contributed by atoms with van der Waals surface area (Å²) in [4.78, 5) is 4.45. The maximum atomic E-state index is 11.9. The zero-order valence-corrected chi connectivity index (χ0v) is 17.2. The van der Waals surface area contributed by atoms with E-state index in [0.29, 0.717) is 12.0 Å². The van der Waals surface area contributed by atoms with Crippen molar-refractivity contribution in [3.05, 3.63) is 47.5 Å². The molecule has 0 aromatic heterocycles. The number of hydrogen-bond acceptors (Lipinski definition) is 6. The summed E-state index contributed by atoms with van der Waals surface area (Å²) in [6, 6.07) is 11.3. The van der Waals surface area contributed by atoms with Crippen LogP contribution >= 0.6 is 0 Å². The molecule has 152 valence electrons. The molecule has 4 aromatic rings. The molecule has 7 heteroatoms. The number of nitrogens with two attached hydrogens (primary N) is 1. The lowest BCUT2D eigenvalue weighted by atomic mass is 9.89. The maximum absolute atomic E-state index is 11.9. The average Bonchev–Trinajstić information content (AvgIpc) is 2.68. The summed E-state index contributed by atoms with van der Waals surface area (Å²) < 4.78 is 35.7. The van der Waals surface area contributed by atoms with Crippen molar-refractivity contribution in [2.24, 2.45) is 5.90 Å². The molecule has 4 aromatic carbocycles. The minimum atomic E-state index is -4.58. The second kappa shape index (κ2) is 7.42. The van der Waals surface area contributed by atoms with E-state index in [1.165, 1.54) is 6.07 Å². The fourth-order valence-electron chi connectivity index (χ4n) is 4.19. The van der Waals surface area contributed by atoms with Gasteiger partial charge in [0.15, 0.2) is 0 Å². The molecule has 0 radical (unpaired) electrons. The third kappa shape index (κ3) is 3.40. The summed E-state index contributed by atoms with van der Waals surface area (Å²) in [5.74, 6) is 5.07. The Kier molecular flexibility index (Phi) is 5.08. The van der Waals surface area contributed by atoms with Crippen LogP contribution in [0.4, 0.5) is 5.69 Å². The van der Waals surface area contributed by atoms with Crippen LogP contribution in [0, 0.1) is 13.8 Å². The van der Waals surface area contributed by atoms with Gasteiger partial charge in [-0.3, -0.25) is 0 Å². The van der Waals surface area contributed by atoms with Crippen LogP contribution < -0.4 is 11.2 Å². The fourth-order valence-corrected chi connectivity index (χ4v) is 4.95. The Morgan fingerprint density at radius 2 is 1.52 bits per heavy atom. The average molecular weight is 412 g/mol. The first-order chi connectivity index (χ1) is 13.8. The van der Waals surface area contributed by atoms with Gasteiger partial charge in [-0.1, -0.05) is 24.3 Å². The summed E-state index contributed by atoms with van der Waals surface area (Å²) in [7, 11) is -4.58. The quantitative estimate of drug-likeness (QED) is 0.204. The number of nitrogens with one attached hydrogen (secondary N) is 1. The van der Waals surface area contributed by atoms with Crippen molar-refractivity contribution in [3.8, 4) is 0 Å². The van der Waals surface area contributed by atoms with Gasteiger partial charge in [-0.2, -0.15) is 0 Å². The minimum absolute atomic E-state index is 0.158. The van der Waals surface area contributed by atoms with E-state index in [2.05, 4.69) is 22.3 Å². The molecule has 0 spiro atoms. The second-order valence-electron chi connectivity index (χ2n) is 7.46. The maximum Gasteiger partial charge on any atom is 0.125 e. The third-order valence-electron chi connectivity index (χ3n) is 5.55. The number of unbranched alkanes of at least 4 members (excludes halogenated alkanes) is 1. The summed E-state index contributed by atoms with van der Waals surface area (Å²) in [6.45, 7) is 5.17. The van der Waals surface area contributed by atoms with Crippen LogP contribution in [0.3, 0.4) is 0 Å². The molecule has 0 fully saturated rings. The molecular formula is C22H23N2O4S-. The van der Waals surface area contributed by atoms with Crippen molar-refractivity contribution in [2.75, 3.05) is 18.5 Å². The number of benzene rings is 4. The first kappa shape index (κ1) is 19.8. The van der Waals surface area contributed by atoms with Crippen molar-refractivity contribution < 1.29 is 17.8 Å². The van der Waals surface area contributed by atoms with E-state index in [1.54, 1.807) is 6.07 Å². The van der Waals surface area contributed by atoms with Gasteiger partial charge in [0, 0.05) is 23.0 Å². The minimum Gasteiger partial charge on any atom is -0.744 e. The molecule has 4 rings (SSSR count). The molecule has 3 N–H and O–H groups in total. The lowest BCUT2D eigenvalue weighted by molar-refractivity contribution is 0.134. The van der Waals surface area contributed by atoms with Crippen molar-refractivity contribution in [2.45, 2.75) is 31.6 Å². The van der Waals surface area contributed by atoms with E-state index in [1.807, 2.05) is 26.0 Å². The van der Waals surface area contributed by atoms with Gasteiger partial charge >= 0.3 is 0 Å². The molecule has 0 unspecified atom stereocenters. The topological polar surface area (TPSA) is 104 Å². The molecule has 0 bridgehead atoms. The molecule has 29 heavy (non-hydrogen) atoms. The van der Waals surface area contributed by atoms with Gasteiger partial charge in [0.2, 0.25) is 0 Å². The van der Waals surface area contributed by atoms with E-state index < -0.39 is 10.1 Å². The van der Waals surface area contributed by atoms with Crippen LogP contribution in [0.1, 0.15) is 24.0 Å². The molecule has 0 saturated carbocycles. The zero-order valence-electron chi connectivity index (χ0n) is 16.4. The van der Waals surface area contributed by atoms with Gasteiger partial charge in [-0.05, 0) is 71.5 Å². The van der Waals surface area contributed by atoms with Gasteiger partial charge < -0.3 is 14.7 Å². The predicted molar refractivity (Wildman–Crippen MR) is 115 cm³/mol. The van der Waals surface area contributed by atoms with Crippen LogP contribution in [-0.4, -0.2) is 26.1 Å². The highest BCUT2D eigenvalue weighted by Gasteiger charge is 2.18. The van der Waals surface area contributed by atoms with Crippen molar-refractivity contribution >= 4 is 48.1 Å². The lowest BCUT2D eigenvalue weighted by Crippen LogP contribution is -2.06. The van der Waals surface area contributed by atoms with Crippen LogP contribution in [0.25, 0.3) is 32.3 Å². The Morgan fingerprint density at radius 1 is 0.931 bits per heavy atom. The standard InChI is InChI=1S/C22H24N2O4S/c1-13-11-19(24-9-3-4-10-28-23)17-7-8-18-20(29(25,26)27)12-14(2)16-6-5-15(13)21(17)22(16)18/h5-8,11-12,24H,3-4,9-10,23H2,1-2H3,(H,25,26,27)/p-1. The van der Waals surface area contributed by atoms with E-state index >= 15 is 0 Å². The monoisotopic (exact) mass is 411 g/mol. The highest BCUT2D eigenvalue weighted by atomic mass is 32.2. The normalized spacial score (nSPS) is 12.4. The number of hydrogen-bond donors (Lipinski definition) is 2. The Labute approximate surface area is 169 Å². The SMILES string of the molecule is Cc1cc(NCCCCON)c2ccc3c(S(=O)(=O)[O-])cc(C)c4ccc1c2c43. The fraction of sp³-hybridized carbons (Fsp3) is 0.273. The Bertz CT molecular complexity index is 1320. The first-order valence-corrected chi connectivity index (χ1v) is 11.0. The van der Waals surface area contributed by atoms with Crippen LogP contribution in [-0.2, 0) is 15.0 Å². The largest absolute Gasteiger partial charge is 0.744 e. The van der Waals surface area contributed by atoms with Crippen LogP contribution in [0.15, 0.2) is 41.3 Å². The van der Waals surface area contributed by atoms with Crippen molar-refractivity contribution in [3.63, 3.8) is 0 Å². The molecule has 0 amide bonds. The summed E-state index contributed by atoms with van der Waals surface area (Å²) in [6.07, 6.45) is 1.77. The lowest BCUT2D eigenvalue weighted by Gasteiger charge is -2.20. The summed E-state index contributed by atoms with van der Waals surface area (Å²) in [5, 5.41) is 8.81. The Morgan fingerprint density at radius 3 is 2.17 bits per heavy atom. The van der Waals surface area contributed by atoms with E-state index in [9.17, 15) is 13.0 Å². The molecule has 0 aliphatic carbocycles. The van der Waals surface area contributed by atoms with Gasteiger partial charge in [0.05, 0.1) is 11.5 Å². The van der Waals surface area contributed by atoms with E-state index in [-0.39, 0.29) is 4.90 Å². The number of anilines is 1. The zero-order chi connectivity index (χ0) is 20.8. The van der Waals surface area contributed by atoms with Gasteiger partial charge in [0.25, 0.3) is 0 Å².